The van der Waals surface area contributed by atoms with Crippen LogP contribution in [0.5, 0.6) is 11.6 Å². The second-order valence-electron chi connectivity index (χ2n) is 14.2. The van der Waals surface area contributed by atoms with Crippen molar-refractivity contribution in [2.75, 3.05) is 33.3 Å². The van der Waals surface area contributed by atoms with E-state index in [2.05, 4.69) is 34.8 Å². The number of likely N-dealkylation sites (tertiary alicyclic amines) is 1. The minimum Gasteiger partial charge on any atom is -0.508 e. The number of amides is 1. The Morgan fingerprint density at radius 2 is 2.00 bits per heavy atom. The highest BCUT2D eigenvalue weighted by atomic mass is 19.1. The molecule has 6 heterocycles. The van der Waals surface area contributed by atoms with Crippen molar-refractivity contribution in [2.24, 2.45) is 5.92 Å². The molecule has 5 aromatic rings. The molecule has 1 saturated carbocycles. The molecule has 248 valence electrons. The largest absolute Gasteiger partial charge is 0.508 e. The van der Waals surface area contributed by atoms with Gasteiger partial charge in [-0.1, -0.05) is 24.3 Å². The Kier molecular flexibility index (Phi) is 6.85. The van der Waals surface area contributed by atoms with Gasteiger partial charge in [0.1, 0.15) is 24.0 Å². The van der Waals surface area contributed by atoms with Gasteiger partial charge in [-0.25, -0.2) is 14.2 Å². The summed E-state index contributed by atoms with van der Waals surface area (Å²) in [6.45, 7) is 7.23. The third-order valence-electron chi connectivity index (χ3n) is 11.4. The number of aryl methyl sites for hydroxylation is 1. The highest BCUT2D eigenvalue weighted by molar-refractivity contribution is 6.10. The Balaban J connectivity index is 1.31. The predicted molar refractivity (Wildman–Crippen MR) is 183 cm³/mol. The summed E-state index contributed by atoms with van der Waals surface area (Å²) in [7, 11) is 2.12. The monoisotopic (exact) mass is 649 g/mol. The Hall–Kier alpha value is -4.41. The summed E-state index contributed by atoms with van der Waals surface area (Å²) < 4.78 is 31.8. The van der Waals surface area contributed by atoms with Crippen LogP contribution in [0, 0.1) is 18.7 Å². The highest BCUT2D eigenvalue weighted by Gasteiger charge is 2.49. The van der Waals surface area contributed by atoms with Crippen molar-refractivity contribution < 1.29 is 23.8 Å². The number of carbonyl (C=O) groups is 1. The lowest BCUT2D eigenvalue weighted by Gasteiger charge is -2.38. The number of hydrogen-bond acceptors (Lipinski definition) is 7. The van der Waals surface area contributed by atoms with Crippen LogP contribution in [0.1, 0.15) is 43.5 Å². The van der Waals surface area contributed by atoms with Crippen LogP contribution in [0.25, 0.3) is 43.7 Å². The fourth-order valence-corrected chi connectivity index (χ4v) is 9.01. The molecule has 48 heavy (non-hydrogen) atoms. The van der Waals surface area contributed by atoms with Crippen molar-refractivity contribution in [1.29, 1.82) is 0 Å². The van der Waals surface area contributed by atoms with E-state index in [1.54, 1.807) is 17.0 Å². The van der Waals surface area contributed by atoms with Crippen LogP contribution in [-0.4, -0.2) is 82.0 Å². The number of aromatic hydroxyl groups is 1. The number of benzene rings is 3. The van der Waals surface area contributed by atoms with E-state index < -0.39 is 5.82 Å². The number of halogens is 1. The molecule has 3 aromatic carbocycles. The molecule has 0 spiro atoms. The summed E-state index contributed by atoms with van der Waals surface area (Å²) >= 11 is 0. The van der Waals surface area contributed by atoms with Gasteiger partial charge in [0.05, 0.1) is 30.0 Å². The molecule has 2 bridgehead atoms. The number of nitrogens with one attached hydrogen (secondary N) is 1. The average molecular weight is 650 g/mol. The number of phenols is 1. The van der Waals surface area contributed by atoms with Crippen LogP contribution in [0.15, 0.2) is 48.5 Å². The van der Waals surface area contributed by atoms with Crippen LogP contribution in [0.4, 0.5) is 9.18 Å². The van der Waals surface area contributed by atoms with Crippen molar-refractivity contribution in [3.05, 3.63) is 65.6 Å². The first-order valence-corrected chi connectivity index (χ1v) is 17.2. The lowest BCUT2D eigenvalue weighted by atomic mass is 9.79. The molecule has 9 nitrogen and oxygen atoms in total. The van der Waals surface area contributed by atoms with Crippen molar-refractivity contribution in [2.45, 2.75) is 63.9 Å². The van der Waals surface area contributed by atoms with Gasteiger partial charge in [-0.3, -0.25) is 9.80 Å². The number of rotatable bonds is 7. The average Bonchev–Trinajstić information content (AvgIpc) is 3.90. The zero-order chi connectivity index (χ0) is 32.8. The summed E-state index contributed by atoms with van der Waals surface area (Å²) in [6, 6.07) is 15.9. The molecule has 5 fully saturated rings. The van der Waals surface area contributed by atoms with Crippen molar-refractivity contribution in [3.63, 3.8) is 0 Å². The minimum atomic E-state index is -0.440. The minimum absolute atomic E-state index is 0.0801. The van der Waals surface area contributed by atoms with Crippen LogP contribution in [0.3, 0.4) is 0 Å². The lowest BCUT2D eigenvalue weighted by molar-refractivity contribution is 0.119. The standard InChI is InChI=1S/C38H40FN5O4/c1-20-13-28-34(33(39)32(20)27-17-25(45)14-22-7-4-5-8-26(22)27)41-37(48-21(2)31-9-6-10-42(31)3)29-16-24(19-43-11-12-47-38(43)46)44(36(28)29)35-23-15-30(35)40-18-23/h4-5,7-8,13-14,16-17,21,23,30-31,35,40,45H,6,9-12,15,18-19H2,1-3H3/t21?,23-,30-,31+,35+/m1/s1. The van der Waals surface area contributed by atoms with Crippen LogP contribution in [-0.2, 0) is 11.3 Å². The highest BCUT2D eigenvalue weighted by Crippen LogP contribution is 2.49. The molecule has 10 heteroatoms. The number of ether oxygens (including phenoxy) is 2. The first-order chi connectivity index (χ1) is 23.3. The second-order valence-corrected chi connectivity index (χ2v) is 14.2. The van der Waals surface area contributed by atoms with E-state index in [1.807, 2.05) is 37.3 Å². The summed E-state index contributed by atoms with van der Waals surface area (Å²) in [5.41, 5.74) is 3.89. The number of carbonyl (C=O) groups excluding carboxylic acids is 1. The molecule has 2 N–H and O–H groups in total. The van der Waals surface area contributed by atoms with Crippen molar-refractivity contribution in [3.8, 4) is 22.8 Å². The normalized spacial score (nSPS) is 24.6. The van der Waals surface area contributed by atoms with Crippen molar-refractivity contribution in [1.82, 2.24) is 24.7 Å². The van der Waals surface area contributed by atoms with Gasteiger partial charge >= 0.3 is 6.09 Å². The summed E-state index contributed by atoms with van der Waals surface area (Å²) in [5, 5.41) is 17.6. The van der Waals surface area contributed by atoms with E-state index in [1.165, 1.54) is 0 Å². The van der Waals surface area contributed by atoms with E-state index in [0.717, 1.165) is 65.3 Å². The number of cyclic esters (lactones) is 1. The summed E-state index contributed by atoms with van der Waals surface area (Å²) in [4.78, 5) is 21.7. The molecule has 4 saturated heterocycles. The van der Waals surface area contributed by atoms with E-state index in [0.29, 0.717) is 54.0 Å². The van der Waals surface area contributed by atoms with Crippen LogP contribution in [0.2, 0.25) is 0 Å². The van der Waals surface area contributed by atoms with Gasteiger partial charge in [0, 0.05) is 35.3 Å². The molecular formula is C38H40FN5O4. The fourth-order valence-electron chi connectivity index (χ4n) is 9.01. The molecule has 4 aliphatic heterocycles. The van der Waals surface area contributed by atoms with E-state index in [4.69, 9.17) is 14.5 Å². The van der Waals surface area contributed by atoms with Gasteiger partial charge in [0.15, 0.2) is 5.82 Å². The number of fused-ring (bicyclic) bond motifs is 5. The first kappa shape index (κ1) is 29.7. The SMILES string of the molecule is Cc1cc2c(nc(OC(C)[C@@H]3CCCN3C)c3cc(CN4CCOC4=O)n([C@H]4[C@H]5CN[C@@H]4C5)c32)c(F)c1-c1cc(O)cc2ccccc12. The van der Waals surface area contributed by atoms with Crippen LogP contribution >= 0.6 is 0 Å². The Bertz CT molecular complexity index is 2120. The van der Waals surface area contributed by atoms with Crippen molar-refractivity contribution >= 4 is 38.7 Å². The maximum absolute atomic E-state index is 17.4. The molecule has 5 aliphatic rings. The molecule has 0 radical (unpaired) electrons. The Labute approximate surface area is 278 Å². The molecular weight excluding hydrogens is 609 g/mol. The van der Waals surface area contributed by atoms with E-state index in [9.17, 15) is 9.90 Å². The zero-order valence-corrected chi connectivity index (χ0v) is 27.5. The number of phenolic OH excluding ortho intramolecular Hbond substituents is 1. The van der Waals surface area contributed by atoms with E-state index in [-0.39, 0.29) is 35.5 Å². The number of likely N-dealkylation sites (N-methyl/N-ethyl adjacent to an activating group) is 1. The quantitative estimate of drug-likeness (QED) is 0.208. The van der Waals surface area contributed by atoms with E-state index >= 15 is 4.39 Å². The number of pyridine rings is 1. The maximum Gasteiger partial charge on any atom is 0.410 e. The number of aromatic nitrogens is 2. The molecule has 2 aromatic heterocycles. The fraction of sp³-hybridized carbons (Fsp3) is 0.421. The third-order valence-corrected chi connectivity index (χ3v) is 11.4. The van der Waals surface area contributed by atoms with Gasteiger partial charge < -0.3 is 24.5 Å². The molecule has 1 unspecified atom stereocenters. The third kappa shape index (κ3) is 4.49. The topological polar surface area (TPSA) is 92.1 Å². The Morgan fingerprint density at radius 1 is 1.15 bits per heavy atom. The van der Waals surface area contributed by atoms with Crippen LogP contribution < -0.4 is 10.1 Å². The van der Waals surface area contributed by atoms with Gasteiger partial charge in [0.2, 0.25) is 5.88 Å². The zero-order valence-electron chi connectivity index (χ0n) is 27.5. The molecule has 1 aliphatic carbocycles. The molecule has 5 atom stereocenters. The second kappa shape index (κ2) is 11.1. The van der Waals surface area contributed by atoms with Gasteiger partial charge in [-0.05, 0) is 98.8 Å². The predicted octanol–water partition coefficient (Wildman–Crippen LogP) is 6.51. The number of hydrogen-bond donors (Lipinski definition) is 2. The first-order valence-electron chi connectivity index (χ1n) is 17.2. The summed E-state index contributed by atoms with van der Waals surface area (Å²) in [6.07, 6.45) is 2.74. The molecule has 10 rings (SSSR count). The maximum atomic E-state index is 17.4. The van der Waals surface area contributed by atoms with Gasteiger partial charge in [0.25, 0.3) is 0 Å². The summed E-state index contributed by atoms with van der Waals surface area (Å²) in [5.74, 6) is 0.488. The lowest BCUT2D eigenvalue weighted by Crippen LogP contribution is -2.40. The Morgan fingerprint density at radius 3 is 2.73 bits per heavy atom. The van der Waals surface area contributed by atoms with Gasteiger partial charge in [-0.2, -0.15) is 0 Å². The molecule has 1 amide bonds. The smallest absolute Gasteiger partial charge is 0.410 e. The van der Waals surface area contributed by atoms with Gasteiger partial charge in [-0.15, -0.1) is 0 Å². The number of nitrogens with zero attached hydrogens (tertiary/aromatic N) is 4.